The first-order valence-electron chi connectivity index (χ1n) is 11.1. The minimum absolute atomic E-state index is 0.136. The van der Waals surface area contributed by atoms with Gasteiger partial charge in [0.2, 0.25) is 0 Å². The molecule has 0 saturated heterocycles. The van der Waals surface area contributed by atoms with Gasteiger partial charge in [-0.15, -0.1) is 0 Å². The van der Waals surface area contributed by atoms with Crippen molar-refractivity contribution in [2.75, 3.05) is 13.7 Å². The van der Waals surface area contributed by atoms with Crippen LogP contribution >= 0.6 is 0 Å². The quantitative estimate of drug-likeness (QED) is 0.442. The average molecular weight is 468 g/mol. The van der Waals surface area contributed by atoms with Gasteiger partial charge in [0.1, 0.15) is 34.6 Å². The van der Waals surface area contributed by atoms with E-state index in [1.54, 1.807) is 24.3 Å². The Balaban J connectivity index is 1.52. The highest BCUT2D eigenvalue weighted by molar-refractivity contribution is 5.71. The van der Waals surface area contributed by atoms with Crippen molar-refractivity contribution in [3.8, 4) is 11.5 Å². The van der Waals surface area contributed by atoms with Crippen LogP contribution in [0.3, 0.4) is 0 Å². The highest BCUT2D eigenvalue weighted by atomic mass is 19.1. The first kappa shape index (κ1) is 22.3. The Hall–Kier alpha value is -3.48. The van der Waals surface area contributed by atoms with Gasteiger partial charge in [0, 0.05) is 35.1 Å². The smallest absolute Gasteiger partial charge is 0.306 e. The molecule has 0 radical (unpaired) electrons. The van der Waals surface area contributed by atoms with Crippen LogP contribution in [0.2, 0.25) is 0 Å². The summed E-state index contributed by atoms with van der Waals surface area (Å²) in [5, 5.41) is 0. The molecular formula is C27H23F3O4. The average Bonchev–Trinajstić information content (AvgIpc) is 3.38. The summed E-state index contributed by atoms with van der Waals surface area (Å²) in [6.45, 7) is 0.330. The molecular weight excluding hydrogens is 445 g/mol. The molecule has 2 atom stereocenters. The number of methoxy groups -OCH3 is 1. The van der Waals surface area contributed by atoms with Crippen LogP contribution in [0.5, 0.6) is 11.5 Å². The van der Waals surface area contributed by atoms with E-state index in [2.05, 4.69) is 0 Å². The molecule has 1 heterocycles. The lowest BCUT2D eigenvalue weighted by molar-refractivity contribution is -0.141. The van der Waals surface area contributed by atoms with Crippen LogP contribution in [0.1, 0.15) is 41.0 Å². The van der Waals surface area contributed by atoms with E-state index in [9.17, 15) is 13.6 Å². The standard InChI is InChI=1S/C27H23F3O4/c1-32-25(31)12-17-15-33-24-13-18(8-9-19(17)24)34-27(14-20-21(28)5-3-6-22(20)29)11-10-16-4-2-7-23(30)26(16)27/h2-9,13,17H,10-12,14-15H2,1H3/t17-,27-/m1/s1. The highest BCUT2D eigenvalue weighted by Crippen LogP contribution is 2.46. The largest absolute Gasteiger partial charge is 0.492 e. The number of hydrogen-bond donors (Lipinski definition) is 0. The van der Waals surface area contributed by atoms with E-state index in [-0.39, 0.29) is 30.3 Å². The fraction of sp³-hybridized carbons (Fsp3) is 0.296. The van der Waals surface area contributed by atoms with Crippen molar-refractivity contribution < 1.29 is 32.2 Å². The molecule has 3 aromatic carbocycles. The first-order valence-corrected chi connectivity index (χ1v) is 11.1. The van der Waals surface area contributed by atoms with Crippen molar-refractivity contribution in [3.63, 3.8) is 0 Å². The molecule has 4 nitrogen and oxygen atoms in total. The van der Waals surface area contributed by atoms with Gasteiger partial charge in [0.15, 0.2) is 0 Å². The second-order valence-corrected chi connectivity index (χ2v) is 8.74. The van der Waals surface area contributed by atoms with Gasteiger partial charge in [-0.1, -0.05) is 24.3 Å². The molecule has 1 aliphatic heterocycles. The number of esters is 1. The molecule has 1 aliphatic carbocycles. The maximum Gasteiger partial charge on any atom is 0.306 e. The van der Waals surface area contributed by atoms with Crippen LogP contribution in [-0.4, -0.2) is 19.7 Å². The molecule has 0 N–H and O–H groups in total. The maximum atomic E-state index is 15.1. The highest BCUT2D eigenvalue weighted by Gasteiger charge is 2.45. The SMILES string of the molecule is COC(=O)C[C@@H]1COc2cc(O[C@@]3(Cc4c(F)cccc4F)CCc4cccc(F)c43)ccc21. The van der Waals surface area contributed by atoms with Crippen LogP contribution in [0.4, 0.5) is 13.2 Å². The Morgan fingerprint density at radius 3 is 2.56 bits per heavy atom. The molecule has 0 saturated carbocycles. The molecule has 3 aromatic rings. The lowest BCUT2D eigenvalue weighted by atomic mass is 9.87. The van der Waals surface area contributed by atoms with Crippen LogP contribution < -0.4 is 9.47 Å². The summed E-state index contributed by atoms with van der Waals surface area (Å²) in [4.78, 5) is 11.7. The lowest BCUT2D eigenvalue weighted by Gasteiger charge is -2.32. The summed E-state index contributed by atoms with van der Waals surface area (Å²) in [5.74, 6) is -1.38. The Kier molecular flexibility index (Phi) is 5.71. The van der Waals surface area contributed by atoms with Crippen LogP contribution in [0.15, 0.2) is 54.6 Å². The third kappa shape index (κ3) is 3.89. The summed E-state index contributed by atoms with van der Waals surface area (Å²) >= 11 is 0. The number of hydrogen-bond acceptors (Lipinski definition) is 4. The summed E-state index contributed by atoms with van der Waals surface area (Å²) in [6, 6.07) is 13.7. The third-order valence-electron chi connectivity index (χ3n) is 6.70. The summed E-state index contributed by atoms with van der Waals surface area (Å²) in [5.41, 5.74) is 0.496. The molecule has 0 aromatic heterocycles. The van der Waals surface area contributed by atoms with Gasteiger partial charge in [-0.25, -0.2) is 13.2 Å². The van der Waals surface area contributed by atoms with Crippen LogP contribution in [-0.2, 0) is 28.0 Å². The van der Waals surface area contributed by atoms with Crippen molar-refractivity contribution in [1.29, 1.82) is 0 Å². The number of benzene rings is 3. The van der Waals surface area contributed by atoms with Gasteiger partial charge in [-0.3, -0.25) is 4.79 Å². The molecule has 176 valence electrons. The molecule has 7 heteroatoms. The number of carbonyl (C=O) groups is 1. The van der Waals surface area contributed by atoms with E-state index in [0.29, 0.717) is 36.5 Å². The van der Waals surface area contributed by atoms with E-state index in [1.807, 2.05) is 6.07 Å². The predicted octanol–water partition coefficient (Wildman–Crippen LogP) is 5.61. The van der Waals surface area contributed by atoms with Crippen molar-refractivity contribution in [2.45, 2.75) is 37.2 Å². The number of halogens is 3. The Morgan fingerprint density at radius 1 is 1.06 bits per heavy atom. The minimum Gasteiger partial charge on any atom is -0.492 e. The summed E-state index contributed by atoms with van der Waals surface area (Å²) in [7, 11) is 1.34. The number of ether oxygens (including phenoxy) is 3. The lowest BCUT2D eigenvalue weighted by Crippen LogP contribution is -2.35. The Labute approximate surface area is 195 Å². The molecule has 2 aliphatic rings. The van der Waals surface area contributed by atoms with E-state index < -0.39 is 23.1 Å². The number of carbonyl (C=O) groups excluding carboxylic acids is 1. The number of fused-ring (bicyclic) bond motifs is 2. The van der Waals surface area contributed by atoms with Gasteiger partial charge in [-0.2, -0.15) is 0 Å². The zero-order valence-electron chi connectivity index (χ0n) is 18.6. The fourth-order valence-electron chi connectivity index (χ4n) is 5.05. The normalized spacial score (nSPS) is 20.4. The van der Waals surface area contributed by atoms with E-state index in [4.69, 9.17) is 14.2 Å². The molecule has 5 rings (SSSR count). The summed E-state index contributed by atoms with van der Waals surface area (Å²) < 4.78 is 61.2. The van der Waals surface area contributed by atoms with Crippen LogP contribution in [0, 0.1) is 17.5 Å². The molecule has 0 bridgehead atoms. The van der Waals surface area contributed by atoms with E-state index in [0.717, 1.165) is 11.1 Å². The number of aryl methyl sites for hydroxylation is 1. The monoisotopic (exact) mass is 468 g/mol. The summed E-state index contributed by atoms with van der Waals surface area (Å²) in [6.07, 6.45) is 0.910. The van der Waals surface area contributed by atoms with Gasteiger partial charge >= 0.3 is 5.97 Å². The second kappa shape index (κ2) is 8.70. The second-order valence-electron chi connectivity index (χ2n) is 8.74. The first-order chi connectivity index (χ1) is 16.4. The van der Waals surface area contributed by atoms with Crippen LogP contribution in [0.25, 0.3) is 0 Å². The van der Waals surface area contributed by atoms with Gasteiger partial charge < -0.3 is 14.2 Å². The zero-order valence-corrected chi connectivity index (χ0v) is 18.6. The predicted molar refractivity (Wildman–Crippen MR) is 118 cm³/mol. The van der Waals surface area contributed by atoms with Crippen molar-refractivity contribution in [1.82, 2.24) is 0 Å². The molecule has 0 spiro atoms. The Morgan fingerprint density at radius 2 is 1.79 bits per heavy atom. The molecule has 0 amide bonds. The topological polar surface area (TPSA) is 44.8 Å². The number of rotatable bonds is 6. The molecule has 0 unspecified atom stereocenters. The maximum absolute atomic E-state index is 15.1. The van der Waals surface area contributed by atoms with Gasteiger partial charge in [0.05, 0.1) is 20.1 Å². The Bertz CT molecular complexity index is 1240. The minimum atomic E-state index is -1.29. The van der Waals surface area contributed by atoms with E-state index in [1.165, 1.54) is 31.4 Å². The van der Waals surface area contributed by atoms with Gasteiger partial charge in [0.25, 0.3) is 0 Å². The van der Waals surface area contributed by atoms with Gasteiger partial charge in [-0.05, 0) is 42.7 Å². The molecule has 34 heavy (non-hydrogen) atoms. The van der Waals surface area contributed by atoms with Crippen molar-refractivity contribution in [3.05, 3.63) is 94.3 Å². The van der Waals surface area contributed by atoms with Crippen molar-refractivity contribution in [2.24, 2.45) is 0 Å². The van der Waals surface area contributed by atoms with E-state index >= 15 is 4.39 Å². The van der Waals surface area contributed by atoms with Crippen molar-refractivity contribution >= 4 is 5.97 Å². The third-order valence-corrected chi connectivity index (χ3v) is 6.70. The fourth-order valence-corrected chi connectivity index (χ4v) is 5.05. The zero-order chi connectivity index (χ0) is 23.9. The molecule has 0 fully saturated rings.